The van der Waals surface area contributed by atoms with Gasteiger partial charge in [-0.3, -0.25) is 4.68 Å². The van der Waals surface area contributed by atoms with Crippen molar-refractivity contribution in [3.8, 4) is 0 Å². The molecule has 25 heavy (non-hydrogen) atoms. The van der Waals surface area contributed by atoms with Gasteiger partial charge in [-0.25, -0.2) is 4.79 Å². The molecule has 2 aromatic rings. The van der Waals surface area contributed by atoms with Crippen LogP contribution in [0.5, 0.6) is 0 Å². The smallest absolute Gasteiger partial charge is 0.317 e. The number of urea groups is 1. The molecule has 2 amide bonds. The molecule has 0 unspecified atom stereocenters. The number of piperazine rings is 1. The summed E-state index contributed by atoms with van der Waals surface area (Å²) in [4.78, 5) is 16.6. The number of carbonyl (C=O) groups excluding carboxylic acids is 1. The highest BCUT2D eigenvalue weighted by Gasteiger charge is 2.21. The number of nitrogens with zero attached hydrogens (tertiary/aromatic N) is 4. The third-order valence-electron chi connectivity index (χ3n) is 4.92. The molecule has 1 aromatic carbocycles. The Kier molecular flexibility index (Phi) is 5.26. The fourth-order valence-corrected chi connectivity index (χ4v) is 3.39. The molecule has 0 bridgehead atoms. The summed E-state index contributed by atoms with van der Waals surface area (Å²) in [7, 11) is 1.92. The first-order valence-corrected chi connectivity index (χ1v) is 8.86. The third-order valence-corrected chi connectivity index (χ3v) is 4.92. The summed E-state index contributed by atoms with van der Waals surface area (Å²) >= 11 is 0. The van der Waals surface area contributed by atoms with E-state index in [1.54, 1.807) is 0 Å². The Bertz CT molecular complexity index is 711. The lowest BCUT2D eigenvalue weighted by atomic mass is 10.0. The fraction of sp³-hybridized carbons (Fsp3) is 0.474. The average molecular weight is 341 g/mol. The van der Waals surface area contributed by atoms with Gasteiger partial charge < -0.3 is 15.1 Å². The first-order chi connectivity index (χ1) is 12.0. The van der Waals surface area contributed by atoms with E-state index in [1.807, 2.05) is 29.0 Å². The molecule has 2 heterocycles. The highest BCUT2D eigenvalue weighted by Crippen LogP contribution is 2.15. The van der Waals surface area contributed by atoms with Crippen molar-refractivity contribution in [2.24, 2.45) is 7.05 Å². The molecule has 0 radical (unpaired) electrons. The van der Waals surface area contributed by atoms with Crippen LogP contribution in [0.2, 0.25) is 0 Å². The number of carbonyl (C=O) groups is 1. The highest BCUT2D eigenvalue weighted by atomic mass is 16.2. The summed E-state index contributed by atoms with van der Waals surface area (Å²) in [5, 5.41) is 7.28. The van der Waals surface area contributed by atoms with Crippen LogP contribution in [0.4, 0.5) is 10.5 Å². The summed E-state index contributed by atoms with van der Waals surface area (Å²) in [6.45, 7) is 8.09. The lowest BCUT2D eigenvalue weighted by Gasteiger charge is -2.35. The molecule has 0 atom stereocenters. The minimum Gasteiger partial charge on any atom is -0.365 e. The van der Waals surface area contributed by atoms with Gasteiger partial charge in [0.15, 0.2) is 0 Å². The highest BCUT2D eigenvalue weighted by molar-refractivity contribution is 5.74. The van der Waals surface area contributed by atoms with Gasteiger partial charge in [0.1, 0.15) is 0 Å². The number of nitrogens with one attached hydrogen (secondary N) is 1. The van der Waals surface area contributed by atoms with Crippen molar-refractivity contribution in [2.75, 3.05) is 37.6 Å². The first kappa shape index (κ1) is 17.3. The summed E-state index contributed by atoms with van der Waals surface area (Å²) in [6.07, 6.45) is 4.76. The van der Waals surface area contributed by atoms with Gasteiger partial charge in [0.05, 0.1) is 11.9 Å². The van der Waals surface area contributed by atoms with E-state index < -0.39 is 0 Å². The number of hydrogen-bond acceptors (Lipinski definition) is 3. The van der Waals surface area contributed by atoms with E-state index in [0.717, 1.165) is 38.3 Å². The van der Waals surface area contributed by atoms with Gasteiger partial charge in [0.2, 0.25) is 0 Å². The Balaban J connectivity index is 1.45. The number of benzene rings is 1. The number of anilines is 1. The number of aryl methyl sites for hydroxylation is 3. The number of amides is 2. The Hall–Kier alpha value is -2.50. The van der Waals surface area contributed by atoms with Gasteiger partial charge in [0, 0.05) is 46.0 Å². The number of rotatable bonds is 4. The molecule has 6 heteroatoms. The minimum atomic E-state index is 0.0390. The maximum absolute atomic E-state index is 12.4. The van der Waals surface area contributed by atoms with Gasteiger partial charge >= 0.3 is 6.03 Å². The molecular formula is C19H27N5O. The largest absolute Gasteiger partial charge is 0.365 e. The molecule has 1 saturated heterocycles. The minimum absolute atomic E-state index is 0.0390. The van der Waals surface area contributed by atoms with Crippen LogP contribution in [0.15, 0.2) is 30.6 Å². The Morgan fingerprint density at radius 1 is 1.16 bits per heavy atom. The van der Waals surface area contributed by atoms with E-state index in [2.05, 4.69) is 47.4 Å². The fourth-order valence-electron chi connectivity index (χ4n) is 3.39. The SMILES string of the molecule is Cc1cccc(C)c1CCNC(=O)N1CCN(c2cnn(C)c2)CC1. The lowest BCUT2D eigenvalue weighted by molar-refractivity contribution is 0.194. The molecule has 3 rings (SSSR count). The van der Waals surface area contributed by atoms with Crippen LogP contribution < -0.4 is 10.2 Å². The van der Waals surface area contributed by atoms with Crippen molar-refractivity contribution in [1.29, 1.82) is 0 Å². The van der Waals surface area contributed by atoms with Crippen LogP contribution in [-0.2, 0) is 13.5 Å². The zero-order chi connectivity index (χ0) is 17.8. The van der Waals surface area contributed by atoms with E-state index in [1.165, 1.54) is 16.7 Å². The van der Waals surface area contributed by atoms with Gasteiger partial charge in [-0.2, -0.15) is 5.10 Å². The summed E-state index contributed by atoms with van der Waals surface area (Å²) < 4.78 is 1.81. The Morgan fingerprint density at radius 3 is 2.44 bits per heavy atom. The molecule has 0 aliphatic carbocycles. The Morgan fingerprint density at radius 2 is 1.84 bits per heavy atom. The van der Waals surface area contributed by atoms with E-state index in [4.69, 9.17) is 0 Å². The Labute approximate surface area is 149 Å². The molecule has 1 N–H and O–H groups in total. The maximum Gasteiger partial charge on any atom is 0.317 e. The van der Waals surface area contributed by atoms with Crippen molar-refractivity contribution in [3.05, 3.63) is 47.3 Å². The molecule has 0 spiro atoms. The van der Waals surface area contributed by atoms with Gasteiger partial charge in [-0.1, -0.05) is 18.2 Å². The van der Waals surface area contributed by atoms with E-state index >= 15 is 0 Å². The summed E-state index contributed by atoms with van der Waals surface area (Å²) in [5.74, 6) is 0. The van der Waals surface area contributed by atoms with E-state index in [-0.39, 0.29) is 6.03 Å². The monoisotopic (exact) mass is 341 g/mol. The zero-order valence-corrected chi connectivity index (χ0v) is 15.3. The van der Waals surface area contributed by atoms with E-state index in [0.29, 0.717) is 6.54 Å². The molecule has 1 aliphatic rings. The van der Waals surface area contributed by atoms with Crippen LogP contribution in [0.1, 0.15) is 16.7 Å². The molecule has 134 valence electrons. The summed E-state index contributed by atoms with van der Waals surface area (Å²) in [6, 6.07) is 6.37. The number of aromatic nitrogens is 2. The molecule has 1 aliphatic heterocycles. The molecule has 1 fully saturated rings. The standard InChI is InChI=1S/C19H27N5O/c1-15-5-4-6-16(2)18(15)7-8-20-19(25)24-11-9-23(10-12-24)17-13-21-22(3)14-17/h4-6,13-14H,7-12H2,1-3H3,(H,20,25). The second-order valence-electron chi connectivity index (χ2n) is 6.70. The van der Waals surface area contributed by atoms with Crippen molar-refractivity contribution in [1.82, 2.24) is 20.0 Å². The van der Waals surface area contributed by atoms with E-state index in [9.17, 15) is 4.79 Å². The maximum atomic E-state index is 12.4. The van der Waals surface area contributed by atoms with Gasteiger partial charge in [-0.15, -0.1) is 0 Å². The zero-order valence-electron chi connectivity index (χ0n) is 15.3. The topological polar surface area (TPSA) is 53.4 Å². The van der Waals surface area contributed by atoms with Crippen LogP contribution >= 0.6 is 0 Å². The van der Waals surface area contributed by atoms with Crippen molar-refractivity contribution in [2.45, 2.75) is 20.3 Å². The van der Waals surface area contributed by atoms with Crippen LogP contribution in [0, 0.1) is 13.8 Å². The second kappa shape index (κ2) is 7.59. The molecule has 1 aromatic heterocycles. The first-order valence-electron chi connectivity index (χ1n) is 8.86. The third kappa shape index (κ3) is 4.13. The van der Waals surface area contributed by atoms with Crippen molar-refractivity contribution in [3.63, 3.8) is 0 Å². The quantitative estimate of drug-likeness (QED) is 0.927. The summed E-state index contributed by atoms with van der Waals surface area (Å²) in [5.41, 5.74) is 5.04. The average Bonchev–Trinajstić information content (AvgIpc) is 3.04. The molecule has 6 nitrogen and oxygen atoms in total. The van der Waals surface area contributed by atoms with Crippen LogP contribution in [-0.4, -0.2) is 53.4 Å². The second-order valence-corrected chi connectivity index (χ2v) is 6.70. The van der Waals surface area contributed by atoms with Crippen LogP contribution in [0.3, 0.4) is 0 Å². The number of hydrogen-bond donors (Lipinski definition) is 1. The van der Waals surface area contributed by atoms with Gasteiger partial charge in [-0.05, 0) is 37.0 Å². The predicted molar refractivity (Wildman–Crippen MR) is 100 cm³/mol. The van der Waals surface area contributed by atoms with Gasteiger partial charge in [0.25, 0.3) is 0 Å². The van der Waals surface area contributed by atoms with Crippen molar-refractivity contribution >= 4 is 11.7 Å². The molecular weight excluding hydrogens is 314 g/mol. The predicted octanol–water partition coefficient (Wildman–Crippen LogP) is 2.11. The van der Waals surface area contributed by atoms with Crippen LogP contribution in [0.25, 0.3) is 0 Å². The lowest BCUT2D eigenvalue weighted by Crippen LogP contribution is -2.52. The molecule has 0 saturated carbocycles. The van der Waals surface area contributed by atoms with Crippen molar-refractivity contribution < 1.29 is 4.79 Å². The normalized spacial score (nSPS) is 14.7.